The van der Waals surface area contributed by atoms with Crippen LogP contribution in [0.2, 0.25) is 0 Å². The molecular formula is C17H26F3N5O5. The monoisotopic (exact) mass is 437 g/mol. The second kappa shape index (κ2) is 9.78. The molecule has 0 saturated carbocycles. The summed E-state index contributed by atoms with van der Waals surface area (Å²) in [5, 5.41) is 13.7. The van der Waals surface area contributed by atoms with Crippen LogP contribution in [-0.4, -0.2) is 73.5 Å². The van der Waals surface area contributed by atoms with Crippen molar-refractivity contribution in [3.8, 4) is 5.88 Å². The second-order valence-electron chi connectivity index (χ2n) is 7.70. The first kappa shape index (κ1) is 25.2. The molecular weight excluding hydrogens is 411 g/mol. The Morgan fingerprint density at radius 1 is 1.23 bits per heavy atom. The molecule has 0 radical (unpaired) electrons. The van der Waals surface area contributed by atoms with Gasteiger partial charge in [-0.1, -0.05) is 0 Å². The van der Waals surface area contributed by atoms with E-state index in [1.165, 1.54) is 11.9 Å². The third-order valence-corrected chi connectivity index (χ3v) is 3.40. The Morgan fingerprint density at radius 2 is 1.83 bits per heavy atom. The van der Waals surface area contributed by atoms with Gasteiger partial charge in [0.15, 0.2) is 6.61 Å². The van der Waals surface area contributed by atoms with Crippen molar-refractivity contribution in [2.24, 2.45) is 0 Å². The number of ether oxygens (including phenoxy) is 2. The third kappa shape index (κ3) is 8.68. The molecule has 170 valence electrons. The summed E-state index contributed by atoms with van der Waals surface area (Å²) >= 11 is 0. The molecule has 1 rings (SSSR count). The summed E-state index contributed by atoms with van der Waals surface area (Å²) < 4.78 is 47.7. The predicted octanol–water partition coefficient (Wildman–Crippen LogP) is 3.28. The van der Waals surface area contributed by atoms with E-state index in [1.54, 1.807) is 34.9 Å². The van der Waals surface area contributed by atoms with Gasteiger partial charge in [0.1, 0.15) is 11.3 Å². The zero-order valence-corrected chi connectivity index (χ0v) is 17.7. The van der Waals surface area contributed by atoms with Gasteiger partial charge >= 0.3 is 18.0 Å². The van der Waals surface area contributed by atoms with Gasteiger partial charge in [0.2, 0.25) is 11.7 Å². The largest absolute Gasteiger partial charge is 0.466 e. The van der Waals surface area contributed by atoms with Crippen LogP contribution in [0.4, 0.5) is 35.2 Å². The van der Waals surface area contributed by atoms with Crippen molar-refractivity contribution < 1.29 is 32.4 Å². The summed E-state index contributed by atoms with van der Waals surface area (Å²) in [5.74, 6) is -0.816. The molecule has 0 saturated heterocycles. The molecule has 0 fully saturated rings. The topological polar surface area (TPSA) is 110 Å². The first-order valence-electron chi connectivity index (χ1n) is 8.84. The van der Waals surface area contributed by atoms with Crippen LogP contribution in [-0.2, 0) is 4.74 Å². The van der Waals surface area contributed by atoms with E-state index in [9.17, 15) is 28.1 Å². The number of anilines is 2. The number of hydrogen-bond acceptors (Lipinski definition) is 8. The van der Waals surface area contributed by atoms with Gasteiger partial charge in [0.05, 0.1) is 4.92 Å². The lowest BCUT2D eigenvalue weighted by atomic mass is 10.2. The quantitative estimate of drug-likeness (QED) is 0.487. The molecule has 1 N–H and O–H groups in total. The molecule has 0 spiro atoms. The molecule has 0 aliphatic rings. The lowest BCUT2D eigenvalue weighted by Crippen LogP contribution is -2.30. The highest BCUT2D eigenvalue weighted by molar-refractivity contribution is 5.88. The smallest absolute Gasteiger partial charge is 0.422 e. The Hall–Kier alpha value is -2.83. The summed E-state index contributed by atoms with van der Waals surface area (Å²) in [6.07, 6.45) is -5.70. The van der Waals surface area contributed by atoms with E-state index in [1.807, 2.05) is 4.90 Å². The van der Waals surface area contributed by atoms with Crippen molar-refractivity contribution in [1.82, 2.24) is 9.88 Å². The second-order valence-corrected chi connectivity index (χ2v) is 7.70. The number of alkyl halides is 3. The Labute approximate surface area is 172 Å². The molecule has 1 aromatic rings. The van der Waals surface area contributed by atoms with Crippen molar-refractivity contribution in [2.45, 2.75) is 32.5 Å². The van der Waals surface area contributed by atoms with Gasteiger partial charge < -0.3 is 19.3 Å². The fourth-order valence-corrected chi connectivity index (χ4v) is 2.11. The molecule has 10 nitrogen and oxygen atoms in total. The molecule has 0 aromatic carbocycles. The van der Waals surface area contributed by atoms with E-state index in [-0.39, 0.29) is 5.82 Å². The van der Waals surface area contributed by atoms with E-state index in [2.05, 4.69) is 10.3 Å². The number of rotatable bonds is 8. The molecule has 0 aliphatic carbocycles. The van der Waals surface area contributed by atoms with Gasteiger partial charge in [-0.25, -0.2) is 4.79 Å². The number of halogens is 3. The summed E-state index contributed by atoms with van der Waals surface area (Å²) in [4.78, 5) is 29.9. The normalized spacial score (nSPS) is 11.9. The van der Waals surface area contributed by atoms with Gasteiger partial charge in [0, 0.05) is 26.2 Å². The average Bonchev–Trinajstić information content (AvgIpc) is 2.55. The summed E-state index contributed by atoms with van der Waals surface area (Å²) in [6, 6.07) is 0.893. The summed E-state index contributed by atoms with van der Waals surface area (Å²) in [5.41, 5.74) is -1.82. The zero-order valence-electron chi connectivity index (χ0n) is 17.7. The van der Waals surface area contributed by atoms with Crippen molar-refractivity contribution in [3.05, 3.63) is 16.2 Å². The van der Waals surface area contributed by atoms with Gasteiger partial charge in [-0.2, -0.15) is 18.2 Å². The van der Waals surface area contributed by atoms with E-state index in [0.29, 0.717) is 13.1 Å². The Kier molecular flexibility index (Phi) is 8.22. The van der Waals surface area contributed by atoms with Gasteiger partial charge in [-0.15, -0.1) is 0 Å². The molecule has 0 unspecified atom stereocenters. The average molecular weight is 437 g/mol. The van der Waals surface area contributed by atoms with Crippen LogP contribution in [0.25, 0.3) is 0 Å². The van der Waals surface area contributed by atoms with Crippen LogP contribution in [0, 0.1) is 10.1 Å². The van der Waals surface area contributed by atoms with Crippen LogP contribution in [0.1, 0.15) is 20.8 Å². The van der Waals surface area contributed by atoms with Gasteiger partial charge in [-0.3, -0.25) is 15.4 Å². The van der Waals surface area contributed by atoms with Crippen molar-refractivity contribution in [3.63, 3.8) is 0 Å². The number of nitrogens with one attached hydrogen (secondary N) is 1. The van der Waals surface area contributed by atoms with Crippen molar-refractivity contribution >= 4 is 23.3 Å². The molecule has 30 heavy (non-hydrogen) atoms. The minimum atomic E-state index is -4.68. The number of carbonyl (C=O) groups excluding carboxylic acids is 1. The van der Waals surface area contributed by atoms with Crippen LogP contribution < -0.4 is 15.0 Å². The van der Waals surface area contributed by atoms with E-state index in [0.717, 1.165) is 6.07 Å². The molecule has 0 bridgehead atoms. The van der Waals surface area contributed by atoms with Gasteiger partial charge in [0.25, 0.3) is 0 Å². The third-order valence-electron chi connectivity index (χ3n) is 3.40. The minimum Gasteiger partial charge on any atom is -0.466 e. The Balaban J connectivity index is 3.36. The first-order chi connectivity index (χ1) is 13.6. The highest BCUT2D eigenvalue weighted by Gasteiger charge is 2.31. The van der Waals surface area contributed by atoms with Crippen molar-refractivity contribution in [2.75, 3.05) is 51.1 Å². The number of likely N-dealkylation sites (N-methyl/N-ethyl adjacent to an activating group) is 2. The van der Waals surface area contributed by atoms with E-state index >= 15 is 0 Å². The van der Waals surface area contributed by atoms with Crippen LogP contribution in [0.15, 0.2) is 6.07 Å². The number of aromatic nitrogens is 1. The van der Waals surface area contributed by atoms with E-state index in [4.69, 9.17) is 9.47 Å². The van der Waals surface area contributed by atoms with Crippen LogP contribution in [0.3, 0.4) is 0 Å². The number of pyridine rings is 1. The Morgan fingerprint density at radius 3 is 2.30 bits per heavy atom. The maximum atomic E-state index is 12.6. The number of nitro groups is 1. The molecule has 0 atom stereocenters. The van der Waals surface area contributed by atoms with Gasteiger partial charge in [-0.05, 0) is 34.9 Å². The maximum Gasteiger partial charge on any atom is 0.422 e. The molecule has 13 heteroatoms. The number of amides is 1. The standard InChI is InChI=1S/C17H26F3N5O5/c1-16(2,3)30-15(26)21-11-9-12(25(27)28)13(24(6)8-7-23(4)5)22-14(11)29-10-17(18,19)20/h9H,7-8,10H2,1-6H3,(H,21,26). The summed E-state index contributed by atoms with van der Waals surface area (Å²) in [6.45, 7) is 3.86. The fraction of sp³-hybridized carbons (Fsp3) is 0.647. The number of nitrogens with zero attached hydrogens (tertiary/aromatic N) is 4. The minimum absolute atomic E-state index is 0.200. The van der Waals surface area contributed by atoms with Crippen LogP contribution in [0.5, 0.6) is 5.88 Å². The lowest BCUT2D eigenvalue weighted by molar-refractivity contribution is -0.384. The molecule has 1 amide bonds. The van der Waals surface area contributed by atoms with Crippen LogP contribution >= 0.6 is 0 Å². The molecule has 1 heterocycles. The molecule has 1 aromatic heterocycles. The summed E-state index contributed by atoms with van der Waals surface area (Å²) in [7, 11) is 5.09. The molecule has 0 aliphatic heterocycles. The number of hydrogen-bond donors (Lipinski definition) is 1. The van der Waals surface area contributed by atoms with E-state index < -0.39 is 46.7 Å². The van der Waals surface area contributed by atoms with Crippen molar-refractivity contribution in [1.29, 1.82) is 0 Å². The first-order valence-corrected chi connectivity index (χ1v) is 8.84. The predicted molar refractivity (Wildman–Crippen MR) is 104 cm³/mol. The SMILES string of the molecule is CN(C)CCN(C)c1nc(OCC(F)(F)F)c(NC(=O)OC(C)(C)C)cc1[N+](=O)[O-]. The fourth-order valence-electron chi connectivity index (χ4n) is 2.11. The highest BCUT2D eigenvalue weighted by atomic mass is 19.4. The number of carbonyl (C=O) groups is 1. The zero-order chi connectivity index (χ0) is 23.3. The highest BCUT2D eigenvalue weighted by Crippen LogP contribution is 2.35. The Bertz CT molecular complexity index is 765. The maximum absolute atomic E-state index is 12.6. The lowest BCUT2D eigenvalue weighted by Gasteiger charge is -2.23.